The van der Waals surface area contributed by atoms with Gasteiger partial charge in [0.05, 0.1) is 30.4 Å². The molecule has 0 saturated carbocycles. The molecular formula is C32H31N3O3. The Morgan fingerprint density at radius 3 is 2.00 bits per heavy atom. The van der Waals surface area contributed by atoms with Crippen LogP contribution in [0, 0.1) is 0 Å². The number of ether oxygens (including phenoxy) is 1. The third kappa shape index (κ3) is 4.95. The van der Waals surface area contributed by atoms with Crippen LogP contribution >= 0.6 is 0 Å². The number of ketones is 1. The SMILES string of the molecule is CCOC(=O)Cn1cncc1/C=C1/CN(C(c2ccccc2)(c2ccccc2)c2ccccc2)CCC1=O. The summed E-state index contributed by atoms with van der Waals surface area (Å²) >= 11 is 0. The smallest absolute Gasteiger partial charge is 0.325 e. The Kier molecular flexibility index (Phi) is 7.61. The number of esters is 1. The predicted octanol–water partition coefficient (Wildman–Crippen LogP) is 5.10. The lowest BCUT2D eigenvalue weighted by Gasteiger charge is -2.47. The molecule has 4 aromatic rings. The second-order valence-electron chi connectivity index (χ2n) is 9.32. The lowest BCUT2D eigenvalue weighted by atomic mass is 9.74. The highest BCUT2D eigenvalue weighted by atomic mass is 16.5. The van der Waals surface area contributed by atoms with Crippen molar-refractivity contribution in [1.29, 1.82) is 0 Å². The van der Waals surface area contributed by atoms with Crippen LogP contribution in [0.25, 0.3) is 6.08 Å². The second-order valence-corrected chi connectivity index (χ2v) is 9.32. The third-order valence-corrected chi connectivity index (χ3v) is 7.05. The topological polar surface area (TPSA) is 64.4 Å². The number of hydrogen-bond acceptors (Lipinski definition) is 5. The van der Waals surface area contributed by atoms with E-state index in [0.29, 0.717) is 37.4 Å². The van der Waals surface area contributed by atoms with Gasteiger partial charge in [0.1, 0.15) is 6.54 Å². The number of piperidine rings is 1. The van der Waals surface area contributed by atoms with Crippen LogP contribution in [0.3, 0.4) is 0 Å². The maximum atomic E-state index is 13.2. The van der Waals surface area contributed by atoms with Crippen LogP contribution in [0.2, 0.25) is 0 Å². The fraction of sp³-hybridized carbons (Fsp3) is 0.219. The van der Waals surface area contributed by atoms with Gasteiger partial charge in [-0.15, -0.1) is 0 Å². The molecule has 2 heterocycles. The summed E-state index contributed by atoms with van der Waals surface area (Å²) in [6.45, 7) is 3.20. The molecule has 192 valence electrons. The van der Waals surface area contributed by atoms with Gasteiger partial charge in [-0.1, -0.05) is 91.0 Å². The van der Waals surface area contributed by atoms with E-state index >= 15 is 0 Å². The standard InChI is InChI=1S/C32H31N3O3/c1-2-38-31(37)23-34-24-33-21-29(34)20-25-22-35(19-18-30(25)36)32(26-12-6-3-7-13-26,27-14-8-4-9-15-27)28-16-10-5-11-17-28/h3-17,20-21,24H,2,18-19,22-23H2,1H3/b25-20-. The number of imidazole rings is 1. The van der Waals surface area contributed by atoms with Crippen LogP contribution in [0.5, 0.6) is 0 Å². The van der Waals surface area contributed by atoms with Crippen molar-refractivity contribution >= 4 is 17.8 Å². The first-order valence-electron chi connectivity index (χ1n) is 12.9. The van der Waals surface area contributed by atoms with E-state index in [1.165, 1.54) is 0 Å². The van der Waals surface area contributed by atoms with Gasteiger partial charge >= 0.3 is 5.97 Å². The van der Waals surface area contributed by atoms with E-state index in [9.17, 15) is 9.59 Å². The molecule has 3 aromatic carbocycles. The van der Waals surface area contributed by atoms with Crippen molar-refractivity contribution in [3.63, 3.8) is 0 Å². The zero-order valence-electron chi connectivity index (χ0n) is 21.5. The van der Waals surface area contributed by atoms with Gasteiger partial charge < -0.3 is 9.30 Å². The molecule has 1 aromatic heterocycles. The number of Topliss-reactive ketones (excluding diaryl/α,β-unsaturated/α-hetero) is 1. The number of benzene rings is 3. The Bertz CT molecular complexity index is 1320. The molecule has 1 aliphatic heterocycles. The average Bonchev–Trinajstić information content (AvgIpc) is 3.39. The Balaban J connectivity index is 1.61. The molecule has 0 spiro atoms. The lowest BCUT2D eigenvalue weighted by molar-refractivity contribution is -0.143. The van der Waals surface area contributed by atoms with Gasteiger partial charge in [-0.25, -0.2) is 4.98 Å². The first kappa shape index (κ1) is 25.4. The molecule has 1 aliphatic rings. The van der Waals surface area contributed by atoms with E-state index in [0.717, 1.165) is 16.7 Å². The fourth-order valence-electron chi connectivity index (χ4n) is 5.38. The summed E-state index contributed by atoms with van der Waals surface area (Å²) in [7, 11) is 0. The minimum absolute atomic E-state index is 0.0485. The average molecular weight is 506 g/mol. The van der Waals surface area contributed by atoms with Crippen molar-refractivity contribution in [2.24, 2.45) is 0 Å². The van der Waals surface area contributed by atoms with Crippen LogP contribution in [-0.4, -0.2) is 45.9 Å². The number of nitrogens with zero attached hydrogens (tertiary/aromatic N) is 3. The monoisotopic (exact) mass is 505 g/mol. The zero-order valence-corrected chi connectivity index (χ0v) is 21.5. The van der Waals surface area contributed by atoms with Gasteiger partial charge in [-0.3, -0.25) is 14.5 Å². The van der Waals surface area contributed by atoms with E-state index in [4.69, 9.17) is 4.74 Å². The number of carbonyl (C=O) groups is 2. The molecule has 0 amide bonds. The summed E-state index contributed by atoms with van der Waals surface area (Å²) in [6.07, 6.45) is 5.53. The van der Waals surface area contributed by atoms with Crippen molar-refractivity contribution in [1.82, 2.24) is 14.5 Å². The van der Waals surface area contributed by atoms with Crippen LogP contribution in [0.1, 0.15) is 35.7 Å². The Morgan fingerprint density at radius 2 is 1.47 bits per heavy atom. The first-order chi connectivity index (χ1) is 18.6. The number of hydrogen-bond donors (Lipinski definition) is 0. The van der Waals surface area contributed by atoms with Gasteiger partial charge in [-0.05, 0) is 29.7 Å². The maximum absolute atomic E-state index is 13.2. The molecule has 0 atom stereocenters. The van der Waals surface area contributed by atoms with Gasteiger partial charge in [-0.2, -0.15) is 0 Å². The highest BCUT2D eigenvalue weighted by Crippen LogP contribution is 2.44. The van der Waals surface area contributed by atoms with Gasteiger partial charge in [0, 0.05) is 25.1 Å². The van der Waals surface area contributed by atoms with Crippen molar-refractivity contribution in [2.75, 3.05) is 19.7 Å². The Hall–Kier alpha value is -4.29. The molecule has 0 radical (unpaired) electrons. The molecule has 0 bridgehead atoms. The molecule has 38 heavy (non-hydrogen) atoms. The maximum Gasteiger partial charge on any atom is 0.325 e. The number of rotatable bonds is 8. The highest BCUT2D eigenvalue weighted by Gasteiger charge is 2.44. The second kappa shape index (κ2) is 11.4. The van der Waals surface area contributed by atoms with E-state index in [2.05, 4.69) is 82.7 Å². The first-order valence-corrected chi connectivity index (χ1v) is 12.9. The van der Waals surface area contributed by atoms with Crippen molar-refractivity contribution < 1.29 is 14.3 Å². The molecule has 0 N–H and O–H groups in total. The number of carbonyl (C=O) groups excluding carboxylic acids is 2. The normalized spacial score (nSPS) is 15.5. The molecule has 5 rings (SSSR count). The summed E-state index contributed by atoms with van der Waals surface area (Å²) in [6, 6.07) is 31.4. The quantitative estimate of drug-likeness (QED) is 0.189. The zero-order chi connectivity index (χ0) is 26.4. The van der Waals surface area contributed by atoms with Gasteiger partial charge in [0.25, 0.3) is 0 Å². The molecule has 6 nitrogen and oxygen atoms in total. The predicted molar refractivity (Wildman–Crippen MR) is 147 cm³/mol. The van der Waals surface area contributed by atoms with E-state index in [1.807, 2.05) is 24.3 Å². The van der Waals surface area contributed by atoms with Crippen LogP contribution < -0.4 is 0 Å². The van der Waals surface area contributed by atoms with Crippen LogP contribution in [-0.2, 0) is 26.4 Å². The number of aromatic nitrogens is 2. The molecule has 6 heteroatoms. The summed E-state index contributed by atoms with van der Waals surface area (Å²) in [5, 5.41) is 0. The largest absolute Gasteiger partial charge is 0.465 e. The Morgan fingerprint density at radius 1 is 0.921 bits per heavy atom. The van der Waals surface area contributed by atoms with Crippen molar-refractivity contribution in [3.05, 3.63) is 131 Å². The molecule has 1 fully saturated rings. The summed E-state index contributed by atoms with van der Waals surface area (Å²) < 4.78 is 6.82. The molecule has 0 aliphatic carbocycles. The minimum Gasteiger partial charge on any atom is -0.465 e. The van der Waals surface area contributed by atoms with Crippen LogP contribution in [0.15, 0.2) is 109 Å². The van der Waals surface area contributed by atoms with Crippen LogP contribution in [0.4, 0.5) is 0 Å². The van der Waals surface area contributed by atoms with E-state index in [-0.39, 0.29) is 18.3 Å². The van der Waals surface area contributed by atoms with E-state index in [1.54, 1.807) is 24.0 Å². The third-order valence-electron chi connectivity index (χ3n) is 7.05. The lowest BCUT2D eigenvalue weighted by Crippen LogP contribution is -2.52. The van der Waals surface area contributed by atoms with Gasteiger partial charge in [0.2, 0.25) is 0 Å². The molecule has 1 saturated heterocycles. The van der Waals surface area contributed by atoms with E-state index < -0.39 is 5.54 Å². The molecule has 0 unspecified atom stereocenters. The Labute approximate surface area is 223 Å². The number of likely N-dealkylation sites (tertiary alicyclic amines) is 1. The summed E-state index contributed by atoms with van der Waals surface area (Å²) in [5.41, 5.74) is 4.20. The van der Waals surface area contributed by atoms with Crippen molar-refractivity contribution in [3.8, 4) is 0 Å². The summed E-state index contributed by atoms with van der Waals surface area (Å²) in [5.74, 6) is -0.230. The summed E-state index contributed by atoms with van der Waals surface area (Å²) in [4.78, 5) is 31.9. The fourth-order valence-corrected chi connectivity index (χ4v) is 5.38. The van der Waals surface area contributed by atoms with Crippen molar-refractivity contribution in [2.45, 2.75) is 25.4 Å². The minimum atomic E-state index is -0.602. The molecular weight excluding hydrogens is 474 g/mol. The highest BCUT2D eigenvalue weighted by molar-refractivity contribution is 6.00. The van der Waals surface area contributed by atoms with Gasteiger partial charge in [0.15, 0.2) is 5.78 Å².